The summed E-state index contributed by atoms with van der Waals surface area (Å²) in [5, 5.41) is 9.24. The molecule has 0 heterocycles. The van der Waals surface area contributed by atoms with E-state index in [-0.39, 0.29) is 12.6 Å². The quantitative estimate of drug-likeness (QED) is 0.877. The molecule has 3 N–H and O–H groups in total. The molecule has 5 heteroatoms. The van der Waals surface area contributed by atoms with Crippen molar-refractivity contribution in [3.8, 4) is 5.75 Å². The van der Waals surface area contributed by atoms with Gasteiger partial charge in [0.1, 0.15) is 5.75 Å². The van der Waals surface area contributed by atoms with Crippen molar-refractivity contribution in [2.75, 3.05) is 13.7 Å². The van der Waals surface area contributed by atoms with Crippen molar-refractivity contribution >= 4 is 6.09 Å². The van der Waals surface area contributed by atoms with Gasteiger partial charge in [-0.15, -0.1) is 0 Å². The van der Waals surface area contributed by atoms with Crippen LogP contribution in [0.5, 0.6) is 5.75 Å². The molecular weight excluding hydrogens is 244 g/mol. The van der Waals surface area contributed by atoms with Crippen molar-refractivity contribution in [1.82, 2.24) is 4.90 Å². The lowest BCUT2D eigenvalue weighted by Gasteiger charge is -2.35. The van der Waals surface area contributed by atoms with Crippen LogP contribution in [0.2, 0.25) is 0 Å². The van der Waals surface area contributed by atoms with Gasteiger partial charge in [-0.25, -0.2) is 4.79 Å². The van der Waals surface area contributed by atoms with Gasteiger partial charge in [-0.2, -0.15) is 0 Å². The first kappa shape index (κ1) is 15.3. The summed E-state index contributed by atoms with van der Waals surface area (Å²) in [5.41, 5.74) is 6.49. The first-order valence-electron chi connectivity index (χ1n) is 6.16. The third kappa shape index (κ3) is 4.13. The second-order valence-corrected chi connectivity index (χ2v) is 5.44. The van der Waals surface area contributed by atoms with Gasteiger partial charge in [0.15, 0.2) is 0 Å². The number of carbonyl (C=O) groups is 1. The van der Waals surface area contributed by atoms with E-state index in [1.807, 2.05) is 45.0 Å². The van der Waals surface area contributed by atoms with Gasteiger partial charge in [-0.05, 0) is 38.5 Å². The largest absolute Gasteiger partial charge is 0.497 e. The zero-order chi connectivity index (χ0) is 14.6. The van der Waals surface area contributed by atoms with Gasteiger partial charge in [0.2, 0.25) is 0 Å². The molecule has 0 aliphatic heterocycles. The van der Waals surface area contributed by atoms with E-state index in [0.717, 1.165) is 11.3 Å². The lowest BCUT2D eigenvalue weighted by Crippen LogP contribution is -2.48. The average Bonchev–Trinajstić information content (AvgIpc) is 2.34. The smallest absolute Gasteiger partial charge is 0.407 e. The highest BCUT2D eigenvalue weighted by molar-refractivity contribution is 5.66. The van der Waals surface area contributed by atoms with E-state index in [1.165, 1.54) is 4.90 Å². The topological polar surface area (TPSA) is 75.8 Å². The van der Waals surface area contributed by atoms with Crippen LogP contribution in [0.25, 0.3) is 0 Å². The Bertz CT molecular complexity index is 423. The molecular formula is C14H22N2O3. The van der Waals surface area contributed by atoms with Crippen molar-refractivity contribution < 1.29 is 14.6 Å². The Balaban J connectivity index is 2.81. The number of carboxylic acid groups (broad SMARTS) is 1. The lowest BCUT2D eigenvalue weighted by atomic mass is 10.0. The standard InChI is InChI=1S/C14H22N2O3/c1-14(2,3)16(13(17)18)9-12(15)10-5-7-11(19-4)8-6-10/h5-8,12H,9,15H2,1-4H3,(H,17,18). The fraction of sp³-hybridized carbons (Fsp3) is 0.500. The number of rotatable bonds is 4. The minimum atomic E-state index is -0.962. The Morgan fingerprint density at radius 3 is 2.26 bits per heavy atom. The monoisotopic (exact) mass is 266 g/mol. The third-order valence-electron chi connectivity index (χ3n) is 2.96. The molecule has 0 spiro atoms. The maximum Gasteiger partial charge on any atom is 0.407 e. The van der Waals surface area contributed by atoms with E-state index in [9.17, 15) is 9.90 Å². The van der Waals surface area contributed by atoms with Crippen molar-refractivity contribution in [3.05, 3.63) is 29.8 Å². The summed E-state index contributed by atoms with van der Waals surface area (Å²) in [5.74, 6) is 0.752. The molecule has 0 radical (unpaired) electrons. The number of methoxy groups -OCH3 is 1. The number of ether oxygens (including phenoxy) is 1. The van der Waals surface area contributed by atoms with E-state index in [0.29, 0.717) is 0 Å². The summed E-state index contributed by atoms with van der Waals surface area (Å²) in [7, 11) is 1.60. The van der Waals surface area contributed by atoms with Gasteiger partial charge in [0, 0.05) is 18.1 Å². The normalized spacial score (nSPS) is 12.9. The summed E-state index contributed by atoms with van der Waals surface area (Å²) in [6.07, 6.45) is -0.962. The molecule has 1 rings (SSSR count). The molecule has 1 amide bonds. The van der Waals surface area contributed by atoms with Crippen molar-refractivity contribution in [3.63, 3.8) is 0 Å². The summed E-state index contributed by atoms with van der Waals surface area (Å²) in [6.45, 7) is 5.80. The van der Waals surface area contributed by atoms with E-state index in [4.69, 9.17) is 10.5 Å². The van der Waals surface area contributed by atoms with E-state index >= 15 is 0 Å². The lowest BCUT2D eigenvalue weighted by molar-refractivity contribution is 0.0960. The first-order chi connectivity index (χ1) is 8.75. The van der Waals surface area contributed by atoms with Gasteiger partial charge in [-0.1, -0.05) is 12.1 Å². The predicted molar refractivity (Wildman–Crippen MR) is 74.4 cm³/mol. The number of hydrogen-bond donors (Lipinski definition) is 2. The fourth-order valence-electron chi connectivity index (χ4n) is 1.79. The zero-order valence-corrected chi connectivity index (χ0v) is 11.9. The van der Waals surface area contributed by atoms with Crippen LogP contribution in [0.15, 0.2) is 24.3 Å². The van der Waals surface area contributed by atoms with Crippen molar-refractivity contribution in [2.45, 2.75) is 32.4 Å². The summed E-state index contributed by atoms with van der Waals surface area (Å²) < 4.78 is 5.08. The highest BCUT2D eigenvalue weighted by Gasteiger charge is 2.27. The minimum absolute atomic E-state index is 0.255. The van der Waals surface area contributed by atoms with Crippen LogP contribution in [0.1, 0.15) is 32.4 Å². The molecule has 0 bridgehead atoms. The summed E-state index contributed by atoms with van der Waals surface area (Å²) in [6, 6.07) is 6.98. The Morgan fingerprint density at radius 1 is 1.37 bits per heavy atom. The van der Waals surface area contributed by atoms with E-state index in [1.54, 1.807) is 7.11 Å². The minimum Gasteiger partial charge on any atom is -0.497 e. The van der Waals surface area contributed by atoms with Gasteiger partial charge in [0.05, 0.1) is 7.11 Å². The number of benzene rings is 1. The second-order valence-electron chi connectivity index (χ2n) is 5.44. The van der Waals surface area contributed by atoms with Crippen LogP contribution in [0.4, 0.5) is 4.79 Å². The Kier molecular flexibility index (Phi) is 4.78. The summed E-state index contributed by atoms with van der Waals surface area (Å²) >= 11 is 0. The van der Waals surface area contributed by atoms with Gasteiger partial charge in [0.25, 0.3) is 0 Å². The van der Waals surface area contributed by atoms with Crippen LogP contribution < -0.4 is 10.5 Å². The number of hydrogen-bond acceptors (Lipinski definition) is 3. The molecule has 1 atom stereocenters. The number of amides is 1. The molecule has 0 aliphatic rings. The summed E-state index contributed by atoms with van der Waals surface area (Å²) in [4.78, 5) is 12.6. The molecule has 0 saturated carbocycles. The molecule has 19 heavy (non-hydrogen) atoms. The number of nitrogens with two attached hydrogens (primary N) is 1. The SMILES string of the molecule is COc1ccc(C(N)CN(C(=O)O)C(C)(C)C)cc1. The van der Waals surface area contributed by atoms with Crippen molar-refractivity contribution in [1.29, 1.82) is 0 Å². The molecule has 106 valence electrons. The highest BCUT2D eigenvalue weighted by atomic mass is 16.5. The van der Waals surface area contributed by atoms with Crippen molar-refractivity contribution in [2.24, 2.45) is 5.73 Å². The number of nitrogens with zero attached hydrogens (tertiary/aromatic N) is 1. The molecule has 0 aromatic heterocycles. The Labute approximate surface area is 114 Å². The van der Waals surface area contributed by atoms with Crippen LogP contribution in [-0.4, -0.2) is 35.3 Å². The van der Waals surface area contributed by atoms with Gasteiger partial charge < -0.3 is 20.5 Å². The molecule has 0 saturated heterocycles. The fourth-order valence-corrected chi connectivity index (χ4v) is 1.79. The molecule has 1 unspecified atom stereocenters. The second kappa shape index (κ2) is 5.93. The molecule has 5 nitrogen and oxygen atoms in total. The zero-order valence-electron chi connectivity index (χ0n) is 11.9. The Morgan fingerprint density at radius 2 is 1.89 bits per heavy atom. The molecule has 0 aliphatic carbocycles. The molecule has 0 fully saturated rings. The van der Waals surface area contributed by atoms with E-state index < -0.39 is 11.6 Å². The first-order valence-corrected chi connectivity index (χ1v) is 6.16. The molecule has 1 aromatic carbocycles. The van der Waals surface area contributed by atoms with Gasteiger partial charge >= 0.3 is 6.09 Å². The maximum atomic E-state index is 11.3. The van der Waals surface area contributed by atoms with Crippen LogP contribution in [-0.2, 0) is 0 Å². The van der Waals surface area contributed by atoms with Crippen LogP contribution >= 0.6 is 0 Å². The van der Waals surface area contributed by atoms with Crippen LogP contribution in [0.3, 0.4) is 0 Å². The average molecular weight is 266 g/mol. The Hall–Kier alpha value is -1.75. The van der Waals surface area contributed by atoms with Crippen LogP contribution in [0, 0.1) is 0 Å². The third-order valence-corrected chi connectivity index (χ3v) is 2.96. The van der Waals surface area contributed by atoms with E-state index in [2.05, 4.69) is 0 Å². The maximum absolute atomic E-state index is 11.3. The van der Waals surface area contributed by atoms with Gasteiger partial charge in [-0.3, -0.25) is 0 Å². The molecule has 1 aromatic rings. The predicted octanol–water partition coefficient (Wildman–Crippen LogP) is 2.47. The highest BCUT2D eigenvalue weighted by Crippen LogP contribution is 2.20.